The standard InChI is InChI=1S/C17H24N4O2/c1-19(2)16(23)17(21-11-5-10-18-21)8-12-20(13-9-17)15(22)14-6-3-4-7-14/h5-6,10-11H,3-4,7-9,12-13H2,1-2H3. The van der Waals surface area contributed by atoms with Crippen molar-refractivity contribution < 1.29 is 9.59 Å². The van der Waals surface area contributed by atoms with E-state index < -0.39 is 5.54 Å². The van der Waals surface area contributed by atoms with Gasteiger partial charge in [0.15, 0.2) is 0 Å². The second-order valence-electron chi connectivity index (χ2n) is 6.60. The molecule has 0 saturated carbocycles. The number of carbonyl (C=O) groups excluding carboxylic acids is 2. The summed E-state index contributed by atoms with van der Waals surface area (Å²) in [6.45, 7) is 1.19. The van der Waals surface area contributed by atoms with Crippen molar-refractivity contribution in [1.82, 2.24) is 19.6 Å². The van der Waals surface area contributed by atoms with Gasteiger partial charge in [-0.3, -0.25) is 14.3 Å². The highest BCUT2D eigenvalue weighted by Crippen LogP contribution is 2.32. The number of allylic oxidation sites excluding steroid dienone is 1. The van der Waals surface area contributed by atoms with Crippen LogP contribution in [-0.2, 0) is 15.1 Å². The fourth-order valence-electron chi connectivity index (χ4n) is 3.63. The summed E-state index contributed by atoms with van der Waals surface area (Å²) in [6.07, 6.45) is 9.77. The Morgan fingerprint density at radius 1 is 1.26 bits per heavy atom. The highest BCUT2D eigenvalue weighted by molar-refractivity contribution is 5.94. The van der Waals surface area contributed by atoms with Gasteiger partial charge in [0, 0.05) is 45.2 Å². The first-order chi connectivity index (χ1) is 11.0. The monoisotopic (exact) mass is 316 g/mol. The smallest absolute Gasteiger partial charge is 0.250 e. The van der Waals surface area contributed by atoms with E-state index in [9.17, 15) is 9.59 Å². The van der Waals surface area contributed by atoms with Gasteiger partial charge in [0.05, 0.1) is 0 Å². The van der Waals surface area contributed by atoms with Crippen molar-refractivity contribution in [2.24, 2.45) is 0 Å². The molecule has 6 heteroatoms. The zero-order chi connectivity index (χ0) is 16.4. The molecule has 3 rings (SSSR count). The number of likely N-dealkylation sites (tertiary alicyclic amines) is 1. The first-order valence-corrected chi connectivity index (χ1v) is 8.25. The number of piperidine rings is 1. The van der Waals surface area contributed by atoms with Gasteiger partial charge in [0.2, 0.25) is 11.8 Å². The lowest BCUT2D eigenvalue weighted by Crippen LogP contribution is -2.56. The van der Waals surface area contributed by atoms with Crippen molar-refractivity contribution >= 4 is 11.8 Å². The second kappa shape index (κ2) is 6.18. The largest absolute Gasteiger partial charge is 0.347 e. The summed E-state index contributed by atoms with van der Waals surface area (Å²) in [5, 5.41) is 4.32. The fourth-order valence-corrected chi connectivity index (χ4v) is 3.63. The molecule has 0 radical (unpaired) electrons. The molecule has 2 amide bonds. The van der Waals surface area contributed by atoms with Crippen molar-refractivity contribution in [1.29, 1.82) is 0 Å². The molecule has 2 heterocycles. The lowest BCUT2D eigenvalue weighted by atomic mass is 9.85. The number of hydrogen-bond acceptors (Lipinski definition) is 3. The average molecular weight is 316 g/mol. The zero-order valence-electron chi connectivity index (χ0n) is 13.9. The molecule has 0 spiro atoms. The molecule has 0 aromatic carbocycles. The van der Waals surface area contributed by atoms with Crippen LogP contribution in [0.4, 0.5) is 0 Å². The minimum absolute atomic E-state index is 0.0494. The van der Waals surface area contributed by atoms with Crippen molar-refractivity contribution in [3.8, 4) is 0 Å². The highest BCUT2D eigenvalue weighted by atomic mass is 16.2. The third-order valence-corrected chi connectivity index (χ3v) is 4.94. The topological polar surface area (TPSA) is 58.4 Å². The number of amides is 2. The highest BCUT2D eigenvalue weighted by Gasteiger charge is 2.45. The molecule has 6 nitrogen and oxygen atoms in total. The van der Waals surface area contributed by atoms with Crippen LogP contribution in [0, 0.1) is 0 Å². The van der Waals surface area contributed by atoms with Gasteiger partial charge in [-0.25, -0.2) is 0 Å². The molecule has 0 N–H and O–H groups in total. The van der Waals surface area contributed by atoms with E-state index in [1.165, 1.54) is 0 Å². The van der Waals surface area contributed by atoms with Gasteiger partial charge in [-0.2, -0.15) is 5.10 Å². The molecule has 2 aliphatic rings. The fraction of sp³-hybridized carbons (Fsp3) is 0.588. The molecule has 0 unspecified atom stereocenters. The first-order valence-electron chi connectivity index (χ1n) is 8.25. The summed E-state index contributed by atoms with van der Waals surface area (Å²) in [5.74, 6) is 0.197. The molecule has 1 aliphatic heterocycles. The SMILES string of the molecule is CN(C)C(=O)C1(n2cccn2)CCN(C(=O)C2=CCCC2)CC1. The molecular weight excluding hydrogens is 292 g/mol. The van der Waals surface area contributed by atoms with Crippen LogP contribution in [0.15, 0.2) is 30.1 Å². The number of aromatic nitrogens is 2. The molecule has 1 aromatic rings. The number of carbonyl (C=O) groups is 2. The van der Waals surface area contributed by atoms with Crippen LogP contribution in [0.1, 0.15) is 32.1 Å². The van der Waals surface area contributed by atoms with Crippen LogP contribution in [0.2, 0.25) is 0 Å². The normalized spacial score (nSPS) is 20.3. The second-order valence-corrected chi connectivity index (χ2v) is 6.60. The summed E-state index contributed by atoms with van der Waals surface area (Å²) in [4.78, 5) is 28.9. The molecule has 1 fully saturated rings. The maximum absolute atomic E-state index is 12.8. The van der Waals surface area contributed by atoms with Crippen molar-refractivity contribution in [2.45, 2.75) is 37.6 Å². The Morgan fingerprint density at radius 2 is 2.00 bits per heavy atom. The third kappa shape index (κ3) is 2.78. The minimum Gasteiger partial charge on any atom is -0.347 e. The number of nitrogens with zero attached hydrogens (tertiary/aromatic N) is 4. The van der Waals surface area contributed by atoms with Crippen molar-refractivity contribution in [3.63, 3.8) is 0 Å². The van der Waals surface area contributed by atoms with Crippen LogP contribution in [0.5, 0.6) is 0 Å². The zero-order valence-corrected chi connectivity index (χ0v) is 13.9. The first kappa shape index (κ1) is 15.8. The summed E-state index contributed by atoms with van der Waals surface area (Å²) in [7, 11) is 3.54. The predicted molar refractivity (Wildman–Crippen MR) is 86.6 cm³/mol. The quantitative estimate of drug-likeness (QED) is 0.847. The minimum atomic E-state index is -0.673. The Kier molecular flexibility index (Phi) is 4.24. The van der Waals surface area contributed by atoms with E-state index in [4.69, 9.17) is 0 Å². The number of rotatable bonds is 3. The van der Waals surface area contributed by atoms with Gasteiger partial charge >= 0.3 is 0 Å². The Morgan fingerprint density at radius 3 is 2.52 bits per heavy atom. The van der Waals surface area contributed by atoms with Crippen LogP contribution in [0.25, 0.3) is 0 Å². The lowest BCUT2D eigenvalue weighted by molar-refractivity contribution is -0.144. The van der Waals surface area contributed by atoms with Crippen LogP contribution in [0.3, 0.4) is 0 Å². The van der Waals surface area contributed by atoms with Gasteiger partial charge in [0.25, 0.3) is 0 Å². The van der Waals surface area contributed by atoms with E-state index in [-0.39, 0.29) is 11.8 Å². The van der Waals surface area contributed by atoms with E-state index >= 15 is 0 Å². The summed E-state index contributed by atoms with van der Waals surface area (Å²) in [5.41, 5.74) is 0.268. The molecule has 23 heavy (non-hydrogen) atoms. The van der Waals surface area contributed by atoms with Crippen LogP contribution >= 0.6 is 0 Å². The molecule has 124 valence electrons. The van der Waals surface area contributed by atoms with Crippen LogP contribution < -0.4 is 0 Å². The van der Waals surface area contributed by atoms with E-state index in [1.807, 2.05) is 17.2 Å². The maximum Gasteiger partial charge on any atom is 0.250 e. The Balaban J connectivity index is 1.78. The van der Waals surface area contributed by atoms with Crippen molar-refractivity contribution in [3.05, 3.63) is 30.1 Å². The predicted octanol–water partition coefficient (Wildman–Crippen LogP) is 1.40. The summed E-state index contributed by atoms with van der Waals surface area (Å²) < 4.78 is 1.77. The number of likely N-dealkylation sites (N-methyl/N-ethyl adjacent to an activating group) is 1. The molecule has 1 aromatic heterocycles. The maximum atomic E-state index is 12.8. The van der Waals surface area contributed by atoms with Crippen LogP contribution in [-0.4, -0.2) is 58.6 Å². The summed E-state index contributed by atoms with van der Waals surface area (Å²) in [6, 6.07) is 1.84. The van der Waals surface area contributed by atoms with E-state index in [0.29, 0.717) is 25.9 Å². The molecule has 0 atom stereocenters. The Labute approximate surface area is 136 Å². The molecule has 0 bridgehead atoms. The third-order valence-electron chi connectivity index (χ3n) is 4.94. The van der Waals surface area contributed by atoms with Gasteiger partial charge < -0.3 is 9.80 Å². The Bertz CT molecular complexity index is 611. The summed E-state index contributed by atoms with van der Waals surface area (Å²) >= 11 is 0. The van der Waals surface area contributed by atoms with Gasteiger partial charge in [0.1, 0.15) is 5.54 Å². The van der Waals surface area contributed by atoms with E-state index in [2.05, 4.69) is 11.2 Å². The Hall–Kier alpha value is -2.11. The molecule has 1 aliphatic carbocycles. The lowest BCUT2D eigenvalue weighted by Gasteiger charge is -2.42. The molecular formula is C17H24N4O2. The number of hydrogen-bond donors (Lipinski definition) is 0. The van der Waals surface area contributed by atoms with E-state index in [1.54, 1.807) is 29.9 Å². The van der Waals surface area contributed by atoms with Gasteiger partial charge in [-0.15, -0.1) is 0 Å². The average Bonchev–Trinajstić information content (AvgIpc) is 3.26. The van der Waals surface area contributed by atoms with E-state index in [0.717, 1.165) is 24.8 Å². The van der Waals surface area contributed by atoms with Gasteiger partial charge in [-0.1, -0.05) is 6.08 Å². The van der Waals surface area contributed by atoms with Crippen molar-refractivity contribution in [2.75, 3.05) is 27.2 Å². The molecule has 1 saturated heterocycles. The van der Waals surface area contributed by atoms with Gasteiger partial charge in [-0.05, 0) is 38.2 Å².